The summed E-state index contributed by atoms with van der Waals surface area (Å²) in [6.45, 7) is 4.19. The Morgan fingerprint density at radius 2 is 1.90 bits per heavy atom. The van der Waals surface area contributed by atoms with E-state index in [0.717, 1.165) is 11.3 Å². The number of nitrogens with zero attached hydrogens (tertiary/aromatic N) is 2. The van der Waals surface area contributed by atoms with Crippen LogP contribution < -0.4 is 25.4 Å². The normalized spacial score (nSPS) is 12.1. The van der Waals surface area contributed by atoms with E-state index in [9.17, 15) is 19.6 Å². The first-order valence-corrected chi connectivity index (χ1v) is 10.4. The van der Waals surface area contributed by atoms with Gasteiger partial charge in [0.15, 0.2) is 5.57 Å². The lowest BCUT2D eigenvalue weighted by molar-refractivity contribution is -0.136. The Morgan fingerprint density at radius 3 is 2.48 bits per heavy atom. The van der Waals surface area contributed by atoms with E-state index in [0.29, 0.717) is 29.1 Å². The molecule has 0 bridgehead atoms. The zero-order valence-corrected chi connectivity index (χ0v) is 18.4. The number of carbonyl (C=O) groups excluding carboxylic acids is 2. The lowest BCUT2D eigenvalue weighted by atomic mass is 10.2. The molecule has 164 valence electrons. The van der Waals surface area contributed by atoms with Crippen LogP contribution in [0.3, 0.4) is 0 Å². The molecule has 0 aliphatic heterocycles. The molecule has 2 aromatic rings. The molecule has 31 heavy (non-hydrogen) atoms. The molecular formula is C21H24N4O5S. The highest BCUT2D eigenvalue weighted by atomic mass is 32.1. The molecule has 1 aromatic heterocycles. The van der Waals surface area contributed by atoms with E-state index in [-0.39, 0.29) is 34.7 Å². The molecule has 2 N–H and O–H groups in total. The Bertz CT molecular complexity index is 1140. The summed E-state index contributed by atoms with van der Waals surface area (Å²) in [4.78, 5) is 36.5. The van der Waals surface area contributed by atoms with E-state index in [1.165, 1.54) is 17.9 Å². The molecule has 0 aliphatic carbocycles. The van der Waals surface area contributed by atoms with E-state index in [1.807, 2.05) is 6.07 Å². The van der Waals surface area contributed by atoms with Gasteiger partial charge in [0.2, 0.25) is 5.91 Å². The Labute approximate surface area is 183 Å². The fourth-order valence-electron chi connectivity index (χ4n) is 2.59. The van der Waals surface area contributed by atoms with Crippen LogP contribution in [0.2, 0.25) is 0 Å². The van der Waals surface area contributed by atoms with Gasteiger partial charge in [0.05, 0.1) is 19.6 Å². The van der Waals surface area contributed by atoms with E-state index < -0.39 is 5.97 Å². The van der Waals surface area contributed by atoms with Crippen molar-refractivity contribution >= 4 is 46.4 Å². The minimum Gasteiger partial charge on any atom is -0.462 e. The molecule has 2 rings (SSSR count). The van der Waals surface area contributed by atoms with Crippen LogP contribution in [0.1, 0.15) is 20.3 Å². The summed E-state index contributed by atoms with van der Waals surface area (Å²) in [7, 11) is 1.53. The van der Waals surface area contributed by atoms with Gasteiger partial charge in [0.25, 0.3) is 5.56 Å². The number of aromatic nitrogens is 1. The molecular weight excluding hydrogens is 420 g/mol. The van der Waals surface area contributed by atoms with Crippen LogP contribution >= 0.6 is 11.3 Å². The maximum atomic E-state index is 12.7. The fourth-order valence-corrected chi connectivity index (χ4v) is 3.67. The maximum absolute atomic E-state index is 12.7. The third kappa shape index (κ3) is 6.28. The minimum absolute atomic E-state index is 0.134. The molecule has 0 saturated carbocycles. The maximum Gasteiger partial charge on any atom is 0.351 e. The predicted molar refractivity (Wildman–Crippen MR) is 119 cm³/mol. The summed E-state index contributed by atoms with van der Waals surface area (Å²) >= 11 is 1.04. The first-order valence-electron chi connectivity index (χ1n) is 9.61. The lowest BCUT2D eigenvalue weighted by Crippen LogP contribution is -2.32. The van der Waals surface area contributed by atoms with Crippen molar-refractivity contribution in [2.45, 2.75) is 26.8 Å². The van der Waals surface area contributed by atoms with Crippen molar-refractivity contribution in [3.05, 3.63) is 43.8 Å². The zero-order valence-electron chi connectivity index (χ0n) is 17.6. The van der Waals surface area contributed by atoms with E-state index >= 15 is 0 Å². The summed E-state index contributed by atoms with van der Waals surface area (Å²) in [6, 6.07) is 8.80. The Balaban J connectivity index is 2.28. The van der Waals surface area contributed by atoms with Crippen molar-refractivity contribution in [1.29, 1.82) is 5.26 Å². The second kappa shape index (κ2) is 11.7. The van der Waals surface area contributed by atoms with Gasteiger partial charge < -0.3 is 20.1 Å². The quantitative estimate of drug-likeness (QED) is 0.553. The van der Waals surface area contributed by atoms with Gasteiger partial charge in [-0.1, -0.05) is 0 Å². The van der Waals surface area contributed by atoms with Crippen LogP contribution in [0, 0.1) is 11.3 Å². The fraction of sp³-hybridized carbons (Fsp3) is 0.333. The number of carbonyl (C=O) groups is 2. The van der Waals surface area contributed by atoms with Crippen molar-refractivity contribution in [1.82, 2.24) is 4.57 Å². The third-order valence-electron chi connectivity index (χ3n) is 4.10. The smallest absolute Gasteiger partial charge is 0.351 e. The summed E-state index contributed by atoms with van der Waals surface area (Å²) in [5.41, 5.74) is 0.830. The van der Waals surface area contributed by atoms with Crippen molar-refractivity contribution in [3.8, 4) is 6.07 Å². The number of hydrogen-bond donors (Lipinski definition) is 2. The SMILES string of the molecule is CCOC(=O)/C(C#N)=c1/s/c(=C/Nc2ccc(NC(=O)CCOC)cc2)c(=O)n1CC. The first-order chi connectivity index (χ1) is 14.9. The lowest BCUT2D eigenvalue weighted by Gasteiger charge is -2.06. The number of nitrogens with one attached hydrogen (secondary N) is 2. The number of thiazole rings is 1. The van der Waals surface area contributed by atoms with Crippen LogP contribution in [-0.4, -0.2) is 36.8 Å². The molecule has 10 heteroatoms. The number of methoxy groups -OCH3 is 1. The van der Waals surface area contributed by atoms with Gasteiger partial charge in [-0.3, -0.25) is 14.2 Å². The highest BCUT2D eigenvalue weighted by molar-refractivity contribution is 7.07. The third-order valence-corrected chi connectivity index (χ3v) is 5.23. The Kier molecular flexibility index (Phi) is 8.99. The summed E-state index contributed by atoms with van der Waals surface area (Å²) in [5.74, 6) is -0.900. The van der Waals surface area contributed by atoms with E-state index in [2.05, 4.69) is 10.6 Å². The van der Waals surface area contributed by atoms with Gasteiger partial charge in [-0.15, -0.1) is 11.3 Å². The molecule has 0 unspecified atom stereocenters. The molecule has 0 radical (unpaired) electrons. The first kappa shape index (κ1) is 23.9. The van der Waals surface area contributed by atoms with Crippen LogP contribution in [-0.2, 0) is 25.6 Å². The summed E-state index contributed by atoms with van der Waals surface area (Å²) in [6.07, 6.45) is 1.79. The molecule has 1 amide bonds. The van der Waals surface area contributed by atoms with Crippen molar-refractivity contribution in [2.75, 3.05) is 31.0 Å². The number of rotatable bonds is 9. The average molecular weight is 445 g/mol. The van der Waals surface area contributed by atoms with Crippen LogP contribution in [0.4, 0.5) is 11.4 Å². The second-order valence-corrected chi connectivity index (χ2v) is 7.22. The van der Waals surface area contributed by atoms with E-state index in [1.54, 1.807) is 38.1 Å². The van der Waals surface area contributed by atoms with Gasteiger partial charge in [-0.25, -0.2) is 4.79 Å². The zero-order chi connectivity index (χ0) is 22.8. The number of nitriles is 1. The number of hydrogen-bond acceptors (Lipinski definition) is 8. The Morgan fingerprint density at radius 1 is 1.23 bits per heavy atom. The van der Waals surface area contributed by atoms with Crippen LogP contribution in [0.5, 0.6) is 0 Å². The highest BCUT2D eigenvalue weighted by Crippen LogP contribution is 2.13. The molecule has 0 spiro atoms. The molecule has 1 heterocycles. The Hall–Kier alpha value is -3.42. The van der Waals surface area contributed by atoms with Gasteiger partial charge >= 0.3 is 5.97 Å². The second-order valence-electron chi connectivity index (χ2n) is 6.19. The van der Waals surface area contributed by atoms with Gasteiger partial charge in [-0.05, 0) is 38.1 Å². The van der Waals surface area contributed by atoms with Crippen molar-refractivity contribution in [2.24, 2.45) is 0 Å². The number of amides is 1. The molecule has 0 saturated heterocycles. The minimum atomic E-state index is -0.754. The number of ether oxygens (including phenoxy) is 2. The highest BCUT2D eigenvalue weighted by Gasteiger charge is 2.16. The van der Waals surface area contributed by atoms with Gasteiger partial charge in [0, 0.05) is 31.2 Å². The number of anilines is 2. The van der Waals surface area contributed by atoms with Gasteiger partial charge in [-0.2, -0.15) is 5.26 Å². The standard InChI is InChI=1S/C21H24N4O5S/c1-4-25-19(27)17(31-20(25)16(12-22)21(28)30-5-2)13-23-14-6-8-15(9-7-14)24-18(26)10-11-29-3/h6-9,13,23H,4-5,10-11H2,1-3H3,(H,24,26)/b17-13+,20-16+. The average Bonchev–Trinajstić information content (AvgIpc) is 3.07. The summed E-state index contributed by atoms with van der Waals surface area (Å²) < 4.78 is 11.8. The molecule has 1 aromatic carbocycles. The van der Waals surface area contributed by atoms with E-state index in [4.69, 9.17) is 9.47 Å². The molecule has 0 aliphatic rings. The number of esters is 1. The van der Waals surface area contributed by atoms with Crippen LogP contribution in [0.25, 0.3) is 11.8 Å². The predicted octanol–water partition coefficient (Wildman–Crippen LogP) is 0.992. The van der Waals surface area contributed by atoms with Crippen LogP contribution in [0.15, 0.2) is 29.1 Å². The molecule has 0 fully saturated rings. The van der Waals surface area contributed by atoms with Crippen molar-refractivity contribution in [3.63, 3.8) is 0 Å². The number of benzene rings is 1. The monoisotopic (exact) mass is 444 g/mol. The summed E-state index contributed by atoms with van der Waals surface area (Å²) in [5, 5.41) is 15.2. The topological polar surface area (TPSA) is 122 Å². The largest absolute Gasteiger partial charge is 0.462 e. The van der Waals surface area contributed by atoms with Gasteiger partial charge in [0.1, 0.15) is 15.3 Å². The molecule has 0 atom stereocenters. The van der Waals surface area contributed by atoms with Crippen molar-refractivity contribution < 1.29 is 19.1 Å². The molecule has 9 nitrogen and oxygen atoms in total.